The maximum absolute atomic E-state index is 4.27. The highest BCUT2D eigenvalue weighted by Gasteiger charge is 1.89. The summed E-state index contributed by atoms with van der Waals surface area (Å²) in [5.41, 5.74) is 1.21. The molecule has 0 spiro atoms. The second-order valence-corrected chi connectivity index (χ2v) is 2.42. The van der Waals surface area contributed by atoms with Crippen LogP contribution in [0.1, 0.15) is 27.7 Å². The van der Waals surface area contributed by atoms with Crippen LogP contribution in [0.5, 0.6) is 0 Å². The maximum atomic E-state index is 4.27. The van der Waals surface area contributed by atoms with E-state index in [1.165, 1.54) is 5.57 Å². The Kier molecular flexibility index (Phi) is 5.53. The molecule has 0 fully saturated rings. The summed E-state index contributed by atoms with van der Waals surface area (Å²) in [6.45, 7) is 10.2. The first-order valence-corrected chi connectivity index (χ1v) is 4.16. The van der Waals surface area contributed by atoms with Gasteiger partial charge in [0.25, 0.3) is 0 Å². The summed E-state index contributed by atoms with van der Waals surface area (Å²) in [5, 5.41) is 6.29. The van der Waals surface area contributed by atoms with Crippen LogP contribution in [0.15, 0.2) is 16.8 Å². The second kappa shape index (κ2) is 5.96. The summed E-state index contributed by atoms with van der Waals surface area (Å²) in [6, 6.07) is 0. The third kappa shape index (κ3) is 4.59. The van der Waals surface area contributed by atoms with Gasteiger partial charge in [-0.2, -0.15) is 5.10 Å². The number of hydrogen-bond acceptors (Lipinski definition) is 2. The molecule has 11 heavy (non-hydrogen) atoms. The van der Waals surface area contributed by atoms with Crippen LogP contribution in [0.3, 0.4) is 0 Å². The summed E-state index contributed by atoms with van der Waals surface area (Å²) >= 11 is 0. The van der Waals surface area contributed by atoms with Gasteiger partial charge in [-0.05, 0) is 33.3 Å². The van der Waals surface area contributed by atoms with Gasteiger partial charge in [0.05, 0.1) is 0 Å². The lowest BCUT2D eigenvalue weighted by Gasteiger charge is -2.12. The van der Waals surface area contributed by atoms with E-state index in [1.807, 2.05) is 31.1 Å². The van der Waals surface area contributed by atoms with Crippen molar-refractivity contribution in [1.82, 2.24) is 5.01 Å². The first-order chi connectivity index (χ1) is 5.24. The van der Waals surface area contributed by atoms with Crippen molar-refractivity contribution >= 4 is 6.21 Å². The Morgan fingerprint density at radius 2 is 1.91 bits per heavy atom. The molecule has 0 aliphatic heterocycles. The van der Waals surface area contributed by atoms with E-state index in [0.29, 0.717) is 0 Å². The number of nitrogens with zero attached hydrogens (tertiary/aromatic N) is 2. The normalized spacial score (nSPS) is 12.5. The molecule has 0 aliphatic rings. The molecule has 0 bridgehead atoms. The largest absolute Gasteiger partial charge is 0.298 e. The highest BCUT2D eigenvalue weighted by atomic mass is 15.4. The highest BCUT2D eigenvalue weighted by Crippen LogP contribution is 1.90. The quantitative estimate of drug-likeness (QED) is 0.448. The fraction of sp³-hybridized carbons (Fsp3) is 0.667. The monoisotopic (exact) mass is 154 g/mol. The summed E-state index contributed by atoms with van der Waals surface area (Å²) < 4.78 is 0. The summed E-state index contributed by atoms with van der Waals surface area (Å²) in [5.74, 6) is 0. The van der Waals surface area contributed by atoms with Gasteiger partial charge in [-0.3, -0.25) is 5.01 Å². The average Bonchev–Trinajstić information content (AvgIpc) is 2.06. The van der Waals surface area contributed by atoms with Gasteiger partial charge in [0.1, 0.15) is 0 Å². The average molecular weight is 154 g/mol. The lowest BCUT2D eigenvalue weighted by atomic mass is 10.3. The predicted molar refractivity (Wildman–Crippen MR) is 50.8 cm³/mol. The minimum absolute atomic E-state index is 0.976. The van der Waals surface area contributed by atoms with Crippen molar-refractivity contribution in [2.24, 2.45) is 5.10 Å². The topological polar surface area (TPSA) is 15.6 Å². The van der Waals surface area contributed by atoms with Crippen LogP contribution in [0.25, 0.3) is 0 Å². The van der Waals surface area contributed by atoms with Crippen LogP contribution in [-0.2, 0) is 0 Å². The molecular formula is C9H18N2. The third-order valence-electron chi connectivity index (χ3n) is 1.61. The summed E-state index contributed by atoms with van der Waals surface area (Å²) in [4.78, 5) is 0. The van der Waals surface area contributed by atoms with Crippen LogP contribution in [0.4, 0.5) is 0 Å². The van der Waals surface area contributed by atoms with Crippen LogP contribution >= 0.6 is 0 Å². The zero-order valence-corrected chi connectivity index (χ0v) is 7.96. The molecule has 0 saturated heterocycles. The second-order valence-electron chi connectivity index (χ2n) is 2.42. The van der Waals surface area contributed by atoms with Crippen molar-refractivity contribution in [2.75, 3.05) is 13.1 Å². The Balaban J connectivity index is 3.88. The van der Waals surface area contributed by atoms with E-state index >= 15 is 0 Å². The Hall–Kier alpha value is -0.790. The molecule has 0 N–H and O–H groups in total. The highest BCUT2D eigenvalue weighted by molar-refractivity contribution is 5.77. The Morgan fingerprint density at radius 3 is 2.27 bits per heavy atom. The molecule has 0 atom stereocenters. The SMILES string of the molecule is CC=C(C)C=NN(CC)CC. The van der Waals surface area contributed by atoms with Crippen molar-refractivity contribution in [3.05, 3.63) is 11.6 Å². The van der Waals surface area contributed by atoms with E-state index in [1.54, 1.807) is 0 Å². The van der Waals surface area contributed by atoms with Crippen molar-refractivity contribution in [1.29, 1.82) is 0 Å². The summed E-state index contributed by atoms with van der Waals surface area (Å²) in [7, 11) is 0. The molecule has 0 aliphatic carbocycles. The molecule has 0 heterocycles. The molecule has 0 aromatic heterocycles. The third-order valence-corrected chi connectivity index (χ3v) is 1.61. The first-order valence-electron chi connectivity index (χ1n) is 4.16. The van der Waals surface area contributed by atoms with Crippen molar-refractivity contribution < 1.29 is 0 Å². The molecule has 0 saturated carbocycles. The maximum Gasteiger partial charge on any atom is 0.0496 e. The lowest BCUT2D eigenvalue weighted by Crippen LogP contribution is -2.15. The predicted octanol–water partition coefficient (Wildman–Crippen LogP) is 2.28. The molecule has 2 heteroatoms. The number of hydrogen-bond donors (Lipinski definition) is 0. The minimum atomic E-state index is 0.976. The van der Waals surface area contributed by atoms with E-state index in [2.05, 4.69) is 18.9 Å². The van der Waals surface area contributed by atoms with Crippen LogP contribution in [-0.4, -0.2) is 24.3 Å². The fourth-order valence-corrected chi connectivity index (χ4v) is 0.634. The van der Waals surface area contributed by atoms with Gasteiger partial charge in [0.15, 0.2) is 0 Å². The van der Waals surface area contributed by atoms with Gasteiger partial charge in [0.2, 0.25) is 0 Å². The molecule has 2 nitrogen and oxygen atoms in total. The molecule has 0 aromatic carbocycles. The van der Waals surface area contributed by atoms with Crippen molar-refractivity contribution in [3.8, 4) is 0 Å². The fourth-order valence-electron chi connectivity index (χ4n) is 0.634. The zero-order chi connectivity index (χ0) is 8.69. The van der Waals surface area contributed by atoms with Gasteiger partial charge >= 0.3 is 0 Å². The molecule has 0 aromatic rings. The van der Waals surface area contributed by atoms with E-state index < -0.39 is 0 Å². The van der Waals surface area contributed by atoms with E-state index in [9.17, 15) is 0 Å². The standard InChI is InChI=1S/C9H18N2/c1-5-9(4)8-10-11(6-2)7-3/h5,8H,6-7H2,1-4H3. The van der Waals surface area contributed by atoms with E-state index in [-0.39, 0.29) is 0 Å². The van der Waals surface area contributed by atoms with Crippen LogP contribution < -0.4 is 0 Å². The molecule has 0 unspecified atom stereocenters. The van der Waals surface area contributed by atoms with E-state index in [0.717, 1.165) is 13.1 Å². The van der Waals surface area contributed by atoms with Gasteiger partial charge in [0, 0.05) is 19.3 Å². The smallest absolute Gasteiger partial charge is 0.0496 e. The van der Waals surface area contributed by atoms with Crippen molar-refractivity contribution in [3.63, 3.8) is 0 Å². The molecule has 0 radical (unpaired) electrons. The Bertz CT molecular complexity index is 144. The first kappa shape index (κ1) is 10.2. The van der Waals surface area contributed by atoms with Gasteiger partial charge in [-0.25, -0.2) is 0 Å². The molecular weight excluding hydrogens is 136 g/mol. The Labute approximate surface area is 69.6 Å². The number of hydrazone groups is 1. The number of allylic oxidation sites excluding steroid dienone is 2. The van der Waals surface area contributed by atoms with E-state index in [4.69, 9.17) is 0 Å². The molecule has 0 rings (SSSR count). The van der Waals surface area contributed by atoms with Crippen LogP contribution in [0, 0.1) is 0 Å². The number of rotatable bonds is 4. The molecule has 0 amide bonds. The van der Waals surface area contributed by atoms with Gasteiger partial charge < -0.3 is 0 Å². The molecule has 64 valence electrons. The van der Waals surface area contributed by atoms with Crippen molar-refractivity contribution in [2.45, 2.75) is 27.7 Å². The zero-order valence-electron chi connectivity index (χ0n) is 7.96. The lowest BCUT2D eigenvalue weighted by molar-refractivity contribution is 0.323. The van der Waals surface area contributed by atoms with Gasteiger partial charge in [-0.15, -0.1) is 0 Å². The summed E-state index contributed by atoms with van der Waals surface area (Å²) in [6.07, 6.45) is 3.94. The minimum Gasteiger partial charge on any atom is -0.298 e. The Morgan fingerprint density at radius 1 is 1.36 bits per heavy atom. The van der Waals surface area contributed by atoms with Crippen LogP contribution in [0.2, 0.25) is 0 Å². The van der Waals surface area contributed by atoms with Gasteiger partial charge in [-0.1, -0.05) is 6.08 Å².